The zero-order valence-electron chi connectivity index (χ0n) is 5.78. The number of nitrogens with zero attached hydrogens (tertiary/aromatic N) is 1. The third kappa shape index (κ3) is 1.82. The van der Waals surface area contributed by atoms with Gasteiger partial charge < -0.3 is 0 Å². The van der Waals surface area contributed by atoms with Crippen LogP contribution in [0.5, 0.6) is 0 Å². The number of rotatable bonds is 1. The minimum absolute atomic E-state index is 0.431. The molecule has 0 spiro atoms. The molecule has 1 nitrogen and oxygen atoms in total. The van der Waals surface area contributed by atoms with Crippen LogP contribution in [0.3, 0.4) is 0 Å². The first-order valence-electron chi connectivity index (χ1n) is 2.39. The van der Waals surface area contributed by atoms with Crippen LogP contribution in [0.2, 0.25) is 0 Å². The van der Waals surface area contributed by atoms with Gasteiger partial charge in [0.05, 0.1) is 0 Å². The minimum atomic E-state index is -9.98. The van der Waals surface area contributed by atoms with Crippen molar-refractivity contribution in [1.82, 2.24) is 0 Å². The van der Waals surface area contributed by atoms with Crippen molar-refractivity contribution in [2.45, 2.75) is 0 Å². The molecule has 0 aliphatic rings. The molecule has 0 rings (SSSR count). The second-order valence-corrected chi connectivity index (χ2v) is 9.74. The fourth-order valence-electron chi connectivity index (χ4n) is 0. The predicted octanol–water partition coefficient (Wildman–Crippen LogP) is 1.88. The van der Waals surface area contributed by atoms with Gasteiger partial charge in [0.25, 0.3) is 0 Å². The maximum absolute atomic E-state index is 11.8. The average molecular weight is 229 g/mol. The Labute approximate surface area is 56.6 Å². The molecular formula is C3H9AsF5N. The molecule has 0 aromatic rings. The Balaban J connectivity index is 5.14. The number of quaternary nitrogens is 1. The van der Waals surface area contributed by atoms with E-state index < -0.39 is 17.3 Å². The van der Waals surface area contributed by atoms with Gasteiger partial charge in [0.1, 0.15) is 0 Å². The van der Waals surface area contributed by atoms with Crippen LogP contribution in [-0.4, -0.2) is 38.5 Å². The van der Waals surface area contributed by atoms with Crippen molar-refractivity contribution >= 4 is 13.9 Å². The fourth-order valence-corrected chi connectivity index (χ4v) is 0. The van der Waals surface area contributed by atoms with Crippen LogP contribution in [0.15, 0.2) is 0 Å². The van der Waals surface area contributed by atoms with Gasteiger partial charge in [0, 0.05) is 0 Å². The van der Waals surface area contributed by atoms with E-state index in [1.807, 2.05) is 0 Å². The van der Waals surface area contributed by atoms with Crippen LogP contribution >= 0.6 is 0 Å². The molecule has 10 heavy (non-hydrogen) atoms. The van der Waals surface area contributed by atoms with Gasteiger partial charge in [-0.2, -0.15) is 0 Å². The molecule has 0 unspecified atom stereocenters. The number of hydrogen-bond acceptors (Lipinski definition) is 0. The van der Waals surface area contributed by atoms with Crippen LogP contribution in [0.4, 0.5) is 17.3 Å². The molecule has 0 aliphatic heterocycles. The van der Waals surface area contributed by atoms with Gasteiger partial charge in [-0.25, -0.2) is 0 Å². The third-order valence-corrected chi connectivity index (χ3v) is 5.89. The average Bonchev–Trinajstić information content (AvgIpc) is 1.16. The van der Waals surface area contributed by atoms with Crippen LogP contribution in [0.25, 0.3) is 0 Å². The second kappa shape index (κ2) is 1.37. The van der Waals surface area contributed by atoms with E-state index in [-0.39, 0.29) is 0 Å². The monoisotopic (exact) mass is 229 g/mol. The topological polar surface area (TPSA) is 0 Å². The Morgan fingerprint density at radius 2 is 0.900 bits per heavy atom. The molecule has 0 bridgehead atoms. The quantitative estimate of drug-likeness (QED) is 0.475. The zero-order valence-corrected chi connectivity index (χ0v) is 7.66. The summed E-state index contributed by atoms with van der Waals surface area (Å²) in [6, 6.07) is 0. The van der Waals surface area contributed by atoms with Crippen molar-refractivity contribution in [3.8, 4) is 0 Å². The molecule has 0 aromatic carbocycles. The molecule has 0 saturated heterocycles. The van der Waals surface area contributed by atoms with E-state index in [0.29, 0.717) is 21.1 Å². The fraction of sp³-hybridized carbons (Fsp3) is 1.00. The summed E-state index contributed by atoms with van der Waals surface area (Å²) in [4.78, 5) is 0. The Hall–Kier alpha value is 0.168. The van der Waals surface area contributed by atoms with E-state index in [9.17, 15) is 17.3 Å². The first-order valence-corrected chi connectivity index (χ1v) is 6.77. The third-order valence-electron chi connectivity index (χ3n) is 1.13. The second-order valence-electron chi connectivity index (χ2n) is 2.96. The Kier molecular flexibility index (Phi) is 1.39. The molecule has 66 valence electrons. The van der Waals surface area contributed by atoms with Gasteiger partial charge in [0.15, 0.2) is 0 Å². The molecule has 0 amide bonds. The number of hydrogen-bond donors (Lipinski definition) is 0. The van der Waals surface area contributed by atoms with Crippen molar-refractivity contribution < 1.29 is 20.7 Å². The van der Waals surface area contributed by atoms with E-state index in [1.165, 1.54) is 0 Å². The molecule has 0 atom stereocenters. The molecule has 0 N–H and O–H groups in total. The standard InChI is InChI=1S/C3H9AsF5N/c1-10(2,3)4(5,6,7,8)9/h1-3H3. The summed E-state index contributed by atoms with van der Waals surface area (Å²) in [5.74, 6) is 0. The van der Waals surface area contributed by atoms with Crippen LogP contribution < -0.4 is 0 Å². The zero-order chi connectivity index (χ0) is 8.91. The van der Waals surface area contributed by atoms with Crippen molar-refractivity contribution in [3.05, 3.63) is 0 Å². The number of halogens is 5. The van der Waals surface area contributed by atoms with Gasteiger partial charge in [-0.05, 0) is 0 Å². The molecule has 0 radical (unpaired) electrons. The van der Waals surface area contributed by atoms with E-state index >= 15 is 0 Å². The van der Waals surface area contributed by atoms with Gasteiger partial charge in [-0.15, -0.1) is 0 Å². The summed E-state index contributed by atoms with van der Waals surface area (Å²) in [5, 5.41) is 0. The van der Waals surface area contributed by atoms with Gasteiger partial charge in [-0.1, -0.05) is 0 Å². The molecule has 0 saturated carbocycles. The normalized spacial score (nSPS) is 21.6. The van der Waals surface area contributed by atoms with Crippen molar-refractivity contribution in [3.63, 3.8) is 0 Å². The SMILES string of the molecule is C[N+](C)(C)[As-](F)(F)(F)(F)F. The van der Waals surface area contributed by atoms with E-state index in [2.05, 4.69) is 0 Å². The maximum atomic E-state index is 11.8. The summed E-state index contributed by atoms with van der Waals surface area (Å²) in [7, 11) is 1.29. The summed E-state index contributed by atoms with van der Waals surface area (Å²) in [6.07, 6.45) is 0. The van der Waals surface area contributed by atoms with Crippen LogP contribution in [-0.2, 0) is 0 Å². The van der Waals surface area contributed by atoms with Gasteiger partial charge in [-0.3, -0.25) is 0 Å². The Morgan fingerprint density at radius 1 is 0.800 bits per heavy atom. The molecule has 7 heteroatoms. The first kappa shape index (κ1) is 10.2. The molecule has 0 aliphatic carbocycles. The van der Waals surface area contributed by atoms with Crippen LogP contribution in [0.1, 0.15) is 0 Å². The molecule has 0 fully saturated rings. The molecule has 0 heterocycles. The van der Waals surface area contributed by atoms with E-state index in [4.69, 9.17) is 0 Å². The summed E-state index contributed by atoms with van der Waals surface area (Å²) in [6.45, 7) is 0. The Bertz CT molecular complexity index is 147. The predicted molar refractivity (Wildman–Crippen MR) is 29.3 cm³/mol. The van der Waals surface area contributed by atoms with Gasteiger partial charge in [0.2, 0.25) is 0 Å². The molecular weight excluding hydrogens is 220 g/mol. The van der Waals surface area contributed by atoms with Gasteiger partial charge >= 0.3 is 55.8 Å². The van der Waals surface area contributed by atoms with Crippen LogP contribution in [0, 0.1) is 0 Å². The summed E-state index contributed by atoms with van der Waals surface area (Å²) < 4.78 is 56.6. The Morgan fingerprint density at radius 3 is 0.900 bits per heavy atom. The van der Waals surface area contributed by atoms with Crippen molar-refractivity contribution in [2.75, 3.05) is 21.1 Å². The first-order chi connectivity index (χ1) is 3.75. The molecule has 0 aromatic heterocycles. The van der Waals surface area contributed by atoms with E-state index in [0.717, 1.165) is 0 Å². The van der Waals surface area contributed by atoms with E-state index in [1.54, 1.807) is 0 Å². The van der Waals surface area contributed by atoms with Crippen molar-refractivity contribution in [1.29, 1.82) is 0 Å². The van der Waals surface area contributed by atoms with Crippen molar-refractivity contribution in [2.24, 2.45) is 0 Å². The summed E-state index contributed by atoms with van der Waals surface area (Å²) in [5.41, 5.74) is 0. The summed E-state index contributed by atoms with van der Waals surface area (Å²) >= 11 is -9.98.